The first-order valence-corrected chi connectivity index (χ1v) is 6.43. The van der Waals surface area contributed by atoms with Crippen molar-refractivity contribution in [3.63, 3.8) is 0 Å². The van der Waals surface area contributed by atoms with Crippen LogP contribution in [0.25, 0.3) is 0 Å². The SMILES string of the molecule is CC(=O)C1(O)CCC(C)(C)C(=CCC(O)CO)C1. The third kappa shape index (κ3) is 3.40. The van der Waals surface area contributed by atoms with Gasteiger partial charge in [-0.25, -0.2) is 0 Å². The van der Waals surface area contributed by atoms with E-state index in [4.69, 9.17) is 5.11 Å². The summed E-state index contributed by atoms with van der Waals surface area (Å²) >= 11 is 0. The third-order valence-corrected chi connectivity index (χ3v) is 4.02. The Kier molecular flexibility index (Phi) is 4.70. The molecule has 2 unspecified atom stereocenters. The fraction of sp³-hybridized carbons (Fsp3) is 0.786. The van der Waals surface area contributed by atoms with Crippen molar-refractivity contribution < 1.29 is 20.1 Å². The summed E-state index contributed by atoms with van der Waals surface area (Å²) < 4.78 is 0. The Balaban J connectivity index is 2.87. The second-order valence-electron chi connectivity index (χ2n) is 5.95. The molecule has 0 bridgehead atoms. The molecule has 0 aromatic heterocycles. The van der Waals surface area contributed by atoms with E-state index in [1.807, 2.05) is 6.08 Å². The molecule has 1 aliphatic carbocycles. The molecule has 104 valence electrons. The maximum absolute atomic E-state index is 11.5. The Morgan fingerprint density at radius 3 is 2.56 bits per heavy atom. The number of hydrogen-bond acceptors (Lipinski definition) is 4. The van der Waals surface area contributed by atoms with Crippen LogP contribution < -0.4 is 0 Å². The highest BCUT2D eigenvalue weighted by Gasteiger charge is 2.42. The molecule has 0 radical (unpaired) electrons. The number of aliphatic hydroxyl groups excluding tert-OH is 2. The topological polar surface area (TPSA) is 77.8 Å². The van der Waals surface area contributed by atoms with Crippen LogP contribution in [0.1, 0.15) is 46.5 Å². The number of carbonyl (C=O) groups is 1. The van der Waals surface area contributed by atoms with E-state index < -0.39 is 11.7 Å². The van der Waals surface area contributed by atoms with Crippen molar-refractivity contribution in [1.82, 2.24) is 0 Å². The summed E-state index contributed by atoms with van der Waals surface area (Å²) in [4.78, 5) is 11.5. The van der Waals surface area contributed by atoms with Gasteiger partial charge in [0.15, 0.2) is 5.78 Å². The lowest BCUT2D eigenvalue weighted by Gasteiger charge is -2.41. The second-order valence-corrected chi connectivity index (χ2v) is 5.95. The smallest absolute Gasteiger partial charge is 0.161 e. The molecule has 0 saturated heterocycles. The predicted octanol–water partition coefficient (Wildman–Crippen LogP) is 1.19. The normalized spacial score (nSPS) is 31.3. The second kappa shape index (κ2) is 5.51. The fourth-order valence-electron chi connectivity index (χ4n) is 2.32. The monoisotopic (exact) mass is 256 g/mol. The Bertz CT molecular complexity index is 346. The van der Waals surface area contributed by atoms with Crippen molar-refractivity contribution >= 4 is 5.78 Å². The molecule has 1 aliphatic rings. The number of aliphatic hydroxyl groups is 3. The third-order valence-electron chi connectivity index (χ3n) is 4.02. The van der Waals surface area contributed by atoms with Gasteiger partial charge in [0.25, 0.3) is 0 Å². The van der Waals surface area contributed by atoms with E-state index in [1.54, 1.807) is 0 Å². The number of hydrogen-bond donors (Lipinski definition) is 3. The van der Waals surface area contributed by atoms with Crippen LogP contribution >= 0.6 is 0 Å². The molecule has 3 N–H and O–H groups in total. The standard InChI is InChI=1S/C14H24O4/c1-10(16)14(18)7-6-13(2,3)11(8-14)4-5-12(17)9-15/h4,12,15,17-18H,5-9H2,1-3H3. The van der Waals surface area contributed by atoms with Crippen LogP contribution in [0.4, 0.5) is 0 Å². The summed E-state index contributed by atoms with van der Waals surface area (Å²) in [5.74, 6) is -0.202. The largest absolute Gasteiger partial charge is 0.394 e. The molecule has 4 heteroatoms. The molecule has 2 atom stereocenters. The lowest BCUT2D eigenvalue weighted by atomic mass is 9.66. The molecule has 0 spiro atoms. The van der Waals surface area contributed by atoms with E-state index in [1.165, 1.54) is 6.92 Å². The Hall–Kier alpha value is -0.710. The van der Waals surface area contributed by atoms with Crippen molar-refractivity contribution in [1.29, 1.82) is 0 Å². The highest BCUT2D eigenvalue weighted by molar-refractivity contribution is 5.85. The number of ketones is 1. The molecule has 1 rings (SSSR count). The quantitative estimate of drug-likeness (QED) is 0.660. The molecule has 0 amide bonds. The van der Waals surface area contributed by atoms with Crippen LogP contribution in [0, 0.1) is 5.41 Å². The van der Waals surface area contributed by atoms with Crippen molar-refractivity contribution in [2.75, 3.05) is 6.61 Å². The van der Waals surface area contributed by atoms with Gasteiger partial charge in [0.05, 0.1) is 12.7 Å². The Morgan fingerprint density at radius 1 is 1.44 bits per heavy atom. The molecular weight excluding hydrogens is 232 g/mol. The number of Topliss-reactive ketones (excluding diaryl/α,β-unsaturated/α-hetero) is 1. The molecule has 0 aromatic carbocycles. The van der Waals surface area contributed by atoms with Crippen LogP contribution in [0.5, 0.6) is 0 Å². The first kappa shape index (κ1) is 15.3. The summed E-state index contributed by atoms with van der Waals surface area (Å²) in [6, 6.07) is 0. The van der Waals surface area contributed by atoms with E-state index in [9.17, 15) is 15.0 Å². The van der Waals surface area contributed by atoms with Gasteiger partial charge in [-0.2, -0.15) is 0 Å². The van der Waals surface area contributed by atoms with Crippen LogP contribution in [-0.4, -0.2) is 39.4 Å². The summed E-state index contributed by atoms with van der Waals surface area (Å²) in [6.45, 7) is 5.29. The van der Waals surface area contributed by atoms with Gasteiger partial charge in [0.2, 0.25) is 0 Å². The minimum atomic E-state index is -1.26. The van der Waals surface area contributed by atoms with Gasteiger partial charge in [-0.1, -0.05) is 25.5 Å². The number of carbonyl (C=O) groups excluding carboxylic acids is 1. The van der Waals surface area contributed by atoms with Crippen molar-refractivity contribution in [3.05, 3.63) is 11.6 Å². The highest BCUT2D eigenvalue weighted by Crippen LogP contribution is 2.44. The average molecular weight is 256 g/mol. The summed E-state index contributed by atoms with van der Waals surface area (Å²) in [5.41, 5.74) is -0.346. The van der Waals surface area contributed by atoms with Gasteiger partial charge in [0, 0.05) is 6.42 Å². The van der Waals surface area contributed by atoms with Crippen LogP contribution in [0.3, 0.4) is 0 Å². The first-order chi connectivity index (χ1) is 8.21. The lowest BCUT2D eigenvalue weighted by Crippen LogP contribution is -2.44. The van der Waals surface area contributed by atoms with Gasteiger partial charge >= 0.3 is 0 Å². The zero-order chi connectivity index (χ0) is 14.0. The summed E-state index contributed by atoms with van der Waals surface area (Å²) in [7, 11) is 0. The summed E-state index contributed by atoms with van der Waals surface area (Å²) in [5, 5.41) is 28.4. The molecule has 18 heavy (non-hydrogen) atoms. The summed E-state index contributed by atoms with van der Waals surface area (Å²) in [6.07, 6.45) is 2.98. The van der Waals surface area contributed by atoms with E-state index in [0.29, 0.717) is 19.3 Å². The van der Waals surface area contributed by atoms with E-state index in [2.05, 4.69) is 13.8 Å². The maximum Gasteiger partial charge on any atom is 0.161 e. The molecule has 0 heterocycles. The molecule has 1 fully saturated rings. The van der Waals surface area contributed by atoms with Crippen LogP contribution in [-0.2, 0) is 4.79 Å². The zero-order valence-corrected chi connectivity index (χ0v) is 11.4. The lowest BCUT2D eigenvalue weighted by molar-refractivity contribution is -0.138. The number of rotatable bonds is 4. The van der Waals surface area contributed by atoms with E-state index in [-0.39, 0.29) is 17.8 Å². The first-order valence-electron chi connectivity index (χ1n) is 6.43. The van der Waals surface area contributed by atoms with Gasteiger partial charge in [-0.15, -0.1) is 0 Å². The van der Waals surface area contributed by atoms with Gasteiger partial charge in [0.1, 0.15) is 5.60 Å². The van der Waals surface area contributed by atoms with Crippen molar-refractivity contribution in [3.8, 4) is 0 Å². The van der Waals surface area contributed by atoms with E-state index >= 15 is 0 Å². The van der Waals surface area contributed by atoms with Crippen LogP contribution in [0.15, 0.2) is 11.6 Å². The molecule has 1 saturated carbocycles. The van der Waals surface area contributed by atoms with Crippen molar-refractivity contribution in [2.24, 2.45) is 5.41 Å². The average Bonchev–Trinajstić information content (AvgIpc) is 2.30. The van der Waals surface area contributed by atoms with Crippen LogP contribution in [0.2, 0.25) is 0 Å². The van der Waals surface area contributed by atoms with Crippen molar-refractivity contribution in [2.45, 2.75) is 58.2 Å². The molecule has 0 aliphatic heterocycles. The fourth-order valence-corrected chi connectivity index (χ4v) is 2.32. The predicted molar refractivity (Wildman–Crippen MR) is 69.1 cm³/mol. The maximum atomic E-state index is 11.5. The van der Waals surface area contributed by atoms with Gasteiger partial charge in [-0.05, 0) is 31.6 Å². The highest BCUT2D eigenvalue weighted by atomic mass is 16.3. The molecule has 0 aromatic rings. The Morgan fingerprint density at radius 2 is 2.06 bits per heavy atom. The van der Waals surface area contributed by atoms with E-state index in [0.717, 1.165) is 12.0 Å². The minimum Gasteiger partial charge on any atom is -0.394 e. The zero-order valence-electron chi connectivity index (χ0n) is 11.4. The minimum absolute atomic E-state index is 0.0726. The Labute approximate surface area is 108 Å². The van der Waals surface area contributed by atoms with Gasteiger partial charge in [-0.3, -0.25) is 4.79 Å². The molecular formula is C14H24O4. The van der Waals surface area contributed by atoms with Gasteiger partial charge < -0.3 is 15.3 Å². The molecule has 4 nitrogen and oxygen atoms in total.